The lowest BCUT2D eigenvalue weighted by Crippen LogP contribution is -2.41. The van der Waals surface area contributed by atoms with Crippen molar-refractivity contribution in [1.82, 2.24) is 15.3 Å². The van der Waals surface area contributed by atoms with Crippen molar-refractivity contribution in [2.75, 3.05) is 18.0 Å². The van der Waals surface area contributed by atoms with Crippen LogP contribution in [0.4, 0.5) is 5.82 Å². The van der Waals surface area contributed by atoms with E-state index in [1.807, 2.05) is 6.07 Å². The Hall–Kier alpha value is -1.67. The van der Waals surface area contributed by atoms with E-state index in [0.717, 1.165) is 18.9 Å². The molecule has 1 atom stereocenters. The Morgan fingerprint density at radius 2 is 2.33 bits per heavy atom. The van der Waals surface area contributed by atoms with Gasteiger partial charge < -0.3 is 10.2 Å². The highest BCUT2D eigenvalue weighted by atomic mass is 15.2. The van der Waals surface area contributed by atoms with Gasteiger partial charge in [-0.1, -0.05) is 0 Å². The molecule has 1 aliphatic heterocycles. The molecular weight excluding hydrogens is 226 g/mol. The normalized spacial score (nSPS) is 18.9. The molecule has 5 nitrogen and oxygen atoms in total. The Kier molecular flexibility index (Phi) is 4.11. The molecule has 18 heavy (non-hydrogen) atoms. The number of rotatable bonds is 4. The van der Waals surface area contributed by atoms with Crippen molar-refractivity contribution in [2.45, 2.75) is 38.8 Å². The average Bonchev–Trinajstić information content (AvgIpc) is 2.89. The van der Waals surface area contributed by atoms with Crippen LogP contribution >= 0.6 is 0 Å². The molecule has 0 saturated carbocycles. The maximum absolute atomic E-state index is 8.73. The third-order valence-electron chi connectivity index (χ3n) is 3.25. The van der Waals surface area contributed by atoms with E-state index in [2.05, 4.69) is 34.0 Å². The number of anilines is 1. The van der Waals surface area contributed by atoms with Crippen molar-refractivity contribution in [1.29, 1.82) is 5.26 Å². The summed E-state index contributed by atoms with van der Waals surface area (Å²) in [6.07, 6.45) is 5.68. The first-order valence-corrected chi connectivity index (χ1v) is 6.43. The van der Waals surface area contributed by atoms with E-state index < -0.39 is 0 Å². The Bertz CT molecular complexity index is 414. The van der Waals surface area contributed by atoms with Crippen molar-refractivity contribution < 1.29 is 0 Å². The second-order valence-corrected chi connectivity index (χ2v) is 4.91. The number of aromatic nitrogens is 2. The zero-order valence-corrected chi connectivity index (χ0v) is 10.9. The van der Waals surface area contributed by atoms with Crippen molar-refractivity contribution in [3.8, 4) is 6.07 Å². The second kappa shape index (κ2) is 5.78. The molecule has 1 fully saturated rings. The molecule has 2 rings (SSSR count). The number of hydrogen-bond donors (Lipinski definition) is 1. The summed E-state index contributed by atoms with van der Waals surface area (Å²) >= 11 is 0. The van der Waals surface area contributed by atoms with Gasteiger partial charge in [0.1, 0.15) is 11.9 Å². The third-order valence-corrected chi connectivity index (χ3v) is 3.25. The summed E-state index contributed by atoms with van der Waals surface area (Å²) in [5, 5.41) is 12.2. The van der Waals surface area contributed by atoms with Crippen LogP contribution in [-0.4, -0.2) is 35.1 Å². The Morgan fingerprint density at radius 3 is 2.83 bits per heavy atom. The lowest BCUT2D eigenvalue weighted by Gasteiger charge is -2.30. The monoisotopic (exact) mass is 245 g/mol. The van der Waals surface area contributed by atoms with Gasteiger partial charge in [0.05, 0.1) is 12.4 Å². The zero-order chi connectivity index (χ0) is 13.0. The lowest BCUT2D eigenvalue weighted by molar-refractivity contribution is 0.548. The van der Waals surface area contributed by atoms with E-state index in [-0.39, 0.29) is 0 Å². The molecule has 0 aromatic carbocycles. The maximum atomic E-state index is 8.73. The Balaban J connectivity index is 2.10. The van der Waals surface area contributed by atoms with E-state index in [4.69, 9.17) is 5.26 Å². The van der Waals surface area contributed by atoms with Crippen LogP contribution in [0.2, 0.25) is 0 Å². The van der Waals surface area contributed by atoms with Crippen molar-refractivity contribution >= 4 is 5.82 Å². The highest BCUT2D eigenvalue weighted by molar-refractivity contribution is 5.38. The van der Waals surface area contributed by atoms with Crippen LogP contribution in [0.1, 0.15) is 32.4 Å². The van der Waals surface area contributed by atoms with Crippen molar-refractivity contribution in [2.24, 2.45) is 0 Å². The SMILES string of the molecule is CC(C)N(CC1CCCN1)c1cnc(C#N)cn1. The molecule has 1 N–H and O–H groups in total. The fourth-order valence-corrected chi connectivity index (χ4v) is 2.25. The summed E-state index contributed by atoms with van der Waals surface area (Å²) in [7, 11) is 0. The highest BCUT2D eigenvalue weighted by Gasteiger charge is 2.20. The molecule has 1 aromatic rings. The molecule has 1 saturated heterocycles. The molecule has 96 valence electrons. The molecule has 1 unspecified atom stereocenters. The van der Waals surface area contributed by atoms with Crippen LogP contribution in [0.5, 0.6) is 0 Å². The molecule has 0 radical (unpaired) electrons. The average molecular weight is 245 g/mol. The first kappa shape index (κ1) is 12.8. The third kappa shape index (κ3) is 2.96. The van der Waals surface area contributed by atoms with Gasteiger partial charge in [-0.2, -0.15) is 5.26 Å². The van der Waals surface area contributed by atoms with Crippen LogP contribution in [0, 0.1) is 11.3 Å². The summed E-state index contributed by atoms with van der Waals surface area (Å²) in [5.74, 6) is 0.845. The van der Waals surface area contributed by atoms with E-state index >= 15 is 0 Å². The Labute approximate surface area is 108 Å². The predicted octanol–water partition coefficient (Wildman–Crippen LogP) is 1.32. The molecule has 2 heterocycles. The van der Waals surface area contributed by atoms with Crippen LogP contribution in [0.15, 0.2) is 12.4 Å². The van der Waals surface area contributed by atoms with Gasteiger partial charge >= 0.3 is 0 Å². The minimum atomic E-state index is 0.362. The molecule has 1 aromatic heterocycles. The van der Waals surface area contributed by atoms with Gasteiger partial charge in [0.25, 0.3) is 0 Å². The maximum Gasteiger partial charge on any atom is 0.158 e. The van der Waals surface area contributed by atoms with Crippen LogP contribution in [0.3, 0.4) is 0 Å². The largest absolute Gasteiger partial charge is 0.351 e. The van der Waals surface area contributed by atoms with Gasteiger partial charge in [0, 0.05) is 18.6 Å². The summed E-state index contributed by atoms with van der Waals surface area (Å²) in [5.41, 5.74) is 0.362. The number of nitrogens with one attached hydrogen (secondary N) is 1. The zero-order valence-electron chi connectivity index (χ0n) is 10.9. The first-order chi connectivity index (χ1) is 8.70. The van der Waals surface area contributed by atoms with Gasteiger partial charge in [0.2, 0.25) is 0 Å². The summed E-state index contributed by atoms with van der Waals surface area (Å²) in [4.78, 5) is 10.6. The van der Waals surface area contributed by atoms with Gasteiger partial charge in [-0.05, 0) is 33.2 Å². The fraction of sp³-hybridized carbons (Fsp3) is 0.615. The van der Waals surface area contributed by atoms with Crippen LogP contribution in [-0.2, 0) is 0 Å². The van der Waals surface area contributed by atoms with Gasteiger partial charge in [0.15, 0.2) is 5.69 Å². The molecule has 1 aliphatic rings. The number of hydrogen-bond acceptors (Lipinski definition) is 5. The van der Waals surface area contributed by atoms with Gasteiger partial charge in [-0.3, -0.25) is 0 Å². The van der Waals surface area contributed by atoms with Crippen molar-refractivity contribution in [3.63, 3.8) is 0 Å². The van der Waals surface area contributed by atoms with E-state index in [0.29, 0.717) is 17.8 Å². The topological polar surface area (TPSA) is 64.8 Å². The van der Waals surface area contributed by atoms with Gasteiger partial charge in [-0.25, -0.2) is 9.97 Å². The standard InChI is InChI=1S/C13H19N5/c1-10(2)18(9-11-4-3-5-15-11)13-8-16-12(6-14)7-17-13/h7-8,10-11,15H,3-5,9H2,1-2H3. The molecular formula is C13H19N5. The summed E-state index contributed by atoms with van der Waals surface area (Å²) < 4.78 is 0. The van der Waals surface area contributed by atoms with Crippen LogP contribution < -0.4 is 10.2 Å². The van der Waals surface area contributed by atoms with Crippen molar-refractivity contribution in [3.05, 3.63) is 18.1 Å². The second-order valence-electron chi connectivity index (χ2n) is 4.91. The molecule has 5 heteroatoms. The Morgan fingerprint density at radius 1 is 1.50 bits per heavy atom. The van der Waals surface area contributed by atoms with Crippen LogP contribution in [0.25, 0.3) is 0 Å². The molecule has 0 amide bonds. The molecule has 0 spiro atoms. The lowest BCUT2D eigenvalue weighted by atomic mass is 10.2. The van der Waals surface area contributed by atoms with E-state index in [1.54, 1.807) is 6.20 Å². The predicted molar refractivity (Wildman–Crippen MR) is 70.3 cm³/mol. The van der Waals surface area contributed by atoms with E-state index in [1.165, 1.54) is 19.0 Å². The van der Waals surface area contributed by atoms with Gasteiger partial charge in [-0.15, -0.1) is 0 Å². The number of nitriles is 1. The highest BCUT2D eigenvalue weighted by Crippen LogP contribution is 2.16. The fourth-order valence-electron chi connectivity index (χ4n) is 2.25. The minimum absolute atomic E-state index is 0.362. The number of nitrogens with zero attached hydrogens (tertiary/aromatic N) is 4. The van der Waals surface area contributed by atoms with E-state index in [9.17, 15) is 0 Å². The quantitative estimate of drug-likeness (QED) is 0.866. The summed E-state index contributed by atoms with van der Waals surface area (Å²) in [6.45, 7) is 6.34. The molecule has 0 bridgehead atoms. The molecule has 0 aliphatic carbocycles. The first-order valence-electron chi connectivity index (χ1n) is 6.43. The summed E-state index contributed by atoms with van der Waals surface area (Å²) in [6, 6.07) is 2.89. The minimum Gasteiger partial charge on any atom is -0.351 e. The smallest absolute Gasteiger partial charge is 0.158 e.